The molecule has 2 rings (SSSR count). The van der Waals surface area contributed by atoms with Crippen molar-refractivity contribution in [3.05, 3.63) is 43.6 Å². The van der Waals surface area contributed by atoms with Crippen LogP contribution < -0.4 is 5.43 Å². The lowest BCUT2D eigenvalue weighted by Crippen LogP contribution is -2.12. The third kappa shape index (κ3) is 1.72. The van der Waals surface area contributed by atoms with Crippen LogP contribution >= 0.6 is 27.5 Å². The van der Waals surface area contributed by atoms with Gasteiger partial charge in [0.1, 0.15) is 10.7 Å². The van der Waals surface area contributed by atoms with Crippen molar-refractivity contribution in [1.29, 1.82) is 0 Å². The zero-order valence-electron chi connectivity index (χ0n) is 7.75. The van der Waals surface area contributed by atoms with E-state index in [1.54, 1.807) is 18.2 Å². The molecule has 0 amide bonds. The molecule has 82 valence electrons. The molecule has 0 unspecified atom stereocenters. The fourth-order valence-electron chi connectivity index (χ4n) is 1.38. The minimum Gasteiger partial charge on any atom is -0.477 e. The van der Waals surface area contributed by atoms with E-state index in [0.717, 1.165) is 4.47 Å². The Morgan fingerprint density at radius 2 is 2.12 bits per heavy atom. The van der Waals surface area contributed by atoms with Gasteiger partial charge in [-0.1, -0.05) is 27.5 Å². The molecule has 0 aliphatic rings. The minimum absolute atomic E-state index is 0.290. The molecule has 1 aromatic heterocycles. The summed E-state index contributed by atoms with van der Waals surface area (Å²) in [4.78, 5) is 25.2. The van der Waals surface area contributed by atoms with Crippen molar-refractivity contribution >= 4 is 44.4 Å². The van der Waals surface area contributed by atoms with Crippen LogP contribution in [0.15, 0.2) is 27.5 Å². The van der Waals surface area contributed by atoms with Gasteiger partial charge >= 0.3 is 5.97 Å². The highest BCUT2D eigenvalue weighted by Crippen LogP contribution is 2.19. The maximum Gasteiger partial charge on any atom is 0.354 e. The minimum atomic E-state index is -1.26. The first-order valence-electron chi connectivity index (χ1n) is 4.25. The average molecular weight is 303 g/mol. The molecule has 0 fully saturated rings. The number of rotatable bonds is 1. The molecule has 16 heavy (non-hydrogen) atoms. The Kier molecular flexibility index (Phi) is 2.73. The van der Waals surface area contributed by atoms with Gasteiger partial charge < -0.3 is 10.1 Å². The van der Waals surface area contributed by atoms with E-state index in [9.17, 15) is 9.59 Å². The van der Waals surface area contributed by atoms with Crippen LogP contribution in [0.4, 0.5) is 0 Å². The van der Waals surface area contributed by atoms with Crippen LogP contribution in [0.5, 0.6) is 0 Å². The number of benzene rings is 1. The quantitative estimate of drug-likeness (QED) is 0.851. The summed E-state index contributed by atoms with van der Waals surface area (Å²) < 4.78 is 0.727. The van der Waals surface area contributed by atoms with Crippen molar-refractivity contribution in [3.8, 4) is 0 Å². The maximum atomic E-state index is 11.8. The molecule has 1 heterocycles. The third-order valence-electron chi connectivity index (χ3n) is 2.12. The predicted octanol–water partition coefficient (Wildman–Crippen LogP) is 2.64. The summed E-state index contributed by atoms with van der Waals surface area (Å²) in [6, 6.07) is 4.91. The molecule has 0 atom stereocenters. The maximum absolute atomic E-state index is 11.8. The van der Waals surface area contributed by atoms with Gasteiger partial charge in [-0.3, -0.25) is 4.79 Å². The molecule has 1 aromatic carbocycles. The molecule has 0 aliphatic heterocycles. The number of aromatic amines is 1. The van der Waals surface area contributed by atoms with E-state index in [0.29, 0.717) is 10.9 Å². The van der Waals surface area contributed by atoms with E-state index in [4.69, 9.17) is 16.7 Å². The predicted molar refractivity (Wildman–Crippen MR) is 64.2 cm³/mol. The second-order valence-corrected chi connectivity index (χ2v) is 4.43. The SMILES string of the molecule is O=C(O)c1[nH]c2ccc(Br)cc2c(=O)c1Cl. The fourth-order valence-corrected chi connectivity index (χ4v) is 1.97. The summed E-state index contributed by atoms with van der Waals surface area (Å²) in [6.45, 7) is 0. The van der Waals surface area contributed by atoms with Gasteiger partial charge in [0.15, 0.2) is 0 Å². The first-order valence-corrected chi connectivity index (χ1v) is 5.42. The summed E-state index contributed by atoms with van der Waals surface area (Å²) >= 11 is 8.91. The molecule has 0 saturated carbocycles. The Hall–Kier alpha value is -1.33. The number of pyridine rings is 1. The lowest BCUT2D eigenvalue weighted by molar-refractivity contribution is 0.0691. The number of hydrogen-bond acceptors (Lipinski definition) is 2. The number of H-pyrrole nitrogens is 1. The van der Waals surface area contributed by atoms with Crippen molar-refractivity contribution in [2.45, 2.75) is 0 Å². The van der Waals surface area contributed by atoms with Gasteiger partial charge in [0.05, 0.1) is 5.52 Å². The molecule has 2 aromatic rings. The molecule has 6 heteroatoms. The van der Waals surface area contributed by atoms with Gasteiger partial charge in [0.2, 0.25) is 5.43 Å². The highest BCUT2D eigenvalue weighted by Gasteiger charge is 2.15. The van der Waals surface area contributed by atoms with Crippen LogP contribution in [0.25, 0.3) is 10.9 Å². The standard InChI is InChI=1S/C10H5BrClNO3/c11-4-1-2-6-5(3-4)9(14)7(12)8(13-6)10(15)16/h1-3H,(H,13,14)(H,15,16). The largest absolute Gasteiger partial charge is 0.477 e. The summed E-state index contributed by atoms with van der Waals surface area (Å²) in [5.41, 5.74) is -0.342. The second kappa shape index (κ2) is 3.92. The number of aromatic carboxylic acids is 1. The van der Waals surface area contributed by atoms with Crippen LogP contribution in [-0.4, -0.2) is 16.1 Å². The Morgan fingerprint density at radius 3 is 2.75 bits per heavy atom. The molecule has 0 saturated heterocycles. The van der Waals surface area contributed by atoms with Crippen LogP contribution in [0.1, 0.15) is 10.5 Å². The van der Waals surface area contributed by atoms with Crippen molar-refractivity contribution in [1.82, 2.24) is 4.98 Å². The molecule has 2 N–H and O–H groups in total. The number of nitrogens with one attached hydrogen (secondary N) is 1. The lowest BCUT2D eigenvalue weighted by atomic mass is 10.2. The third-order valence-corrected chi connectivity index (χ3v) is 2.97. The van der Waals surface area contributed by atoms with Crippen LogP contribution in [0.3, 0.4) is 0 Å². The van der Waals surface area contributed by atoms with Gasteiger partial charge in [-0.25, -0.2) is 4.79 Å². The zero-order valence-corrected chi connectivity index (χ0v) is 10.1. The number of fused-ring (bicyclic) bond motifs is 1. The number of carboxylic acid groups (broad SMARTS) is 1. The molecular weight excluding hydrogens is 297 g/mol. The molecule has 0 spiro atoms. The second-order valence-electron chi connectivity index (χ2n) is 3.14. The number of hydrogen-bond donors (Lipinski definition) is 2. The Morgan fingerprint density at radius 1 is 1.44 bits per heavy atom. The Bertz CT molecular complexity index is 650. The molecule has 0 aliphatic carbocycles. The highest BCUT2D eigenvalue weighted by molar-refractivity contribution is 9.10. The summed E-state index contributed by atoms with van der Waals surface area (Å²) in [5.74, 6) is -1.26. The lowest BCUT2D eigenvalue weighted by Gasteiger charge is -2.03. The van der Waals surface area contributed by atoms with E-state index >= 15 is 0 Å². The first-order chi connectivity index (χ1) is 7.50. The fraction of sp³-hybridized carbons (Fsp3) is 0. The first kappa shape index (κ1) is 11.2. The highest BCUT2D eigenvalue weighted by atomic mass is 79.9. The van der Waals surface area contributed by atoms with E-state index in [2.05, 4.69) is 20.9 Å². The van der Waals surface area contributed by atoms with Crippen molar-refractivity contribution in [2.75, 3.05) is 0 Å². The summed E-state index contributed by atoms with van der Waals surface area (Å²) in [7, 11) is 0. The topological polar surface area (TPSA) is 70.2 Å². The summed E-state index contributed by atoms with van der Waals surface area (Å²) in [6.07, 6.45) is 0. The van der Waals surface area contributed by atoms with Crippen LogP contribution in [-0.2, 0) is 0 Å². The molecule has 4 nitrogen and oxygen atoms in total. The Balaban J connectivity index is 2.94. The molecule has 0 radical (unpaired) electrons. The monoisotopic (exact) mass is 301 g/mol. The molecular formula is C10H5BrClNO3. The Labute approximate surface area is 103 Å². The average Bonchev–Trinajstić information content (AvgIpc) is 2.23. The number of carboxylic acids is 1. The van der Waals surface area contributed by atoms with E-state index in [1.165, 1.54) is 0 Å². The van der Waals surface area contributed by atoms with Crippen molar-refractivity contribution in [2.24, 2.45) is 0 Å². The van der Waals surface area contributed by atoms with Crippen LogP contribution in [0, 0.1) is 0 Å². The number of carbonyl (C=O) groups is 1. The normalized spacial score (nSPS) is 10.6. The summed E-state index contributed by atoms with van der Waals surface area (Å²) in [5, 5.41) is 8.88. The van der Waals surface area contributed by atoms with E-state index in [1.807, 2.05) is 0 Å². The van der Waals surface area contributed by atoms with Gasteiger partial charge in [-0.15, -0.1) is 0 Å². The number of halogens is 2. The smallest absolute Gasteiger partial charge is 0.354 e. The van der Waals surface area contributed by atoms with Gasteiger partial charge in [0.25, 0.3) is 0 Å². The van der Waals surface area contributed by atoms with E-state index in [-0.39, 0.29) is 10.7 Å². The number of aromatic nitrogens is 1. The molecule has 0 bridgehead atoms. The van der Waals surface area contributed by atoms with Crippen LogP contribution in [0.2, 0.25) is 5.02 Å². The zero-order chi connectivity index (χ0) is 11.9. The van der Waals surface area contributed by atoms with Gasteiger partial charge in [-0.05, 0) is 18.2 Å². The van der Waals surface area contributed by atoms with E-state index < -0.39 is 11.4 Å². The van der Waals surface area contributed by atoms with Crippen molar-refractivity contribution in [3.63, 3.8) is 0 Å². The van der Waals surface area contributed by atoms with Crippen molar-refractivity contribution < 1.29 is 9.90 Å². The van der Waals surface area contributed by atoms with Gasteiger partial charge in [0, 0.05) is 9.86 Å². The van der Waals surface area contributed by atoms with Gasteiger partial charge in [-0.2, -0.15) is 0 Å².